The average Bonchev–Trinajstić information content (AvgIpc) is 2.84. The van der Waals surface area contributed by atoms with Crippen LogP contribution in [-0.2, 0) is 4.79 Å². The second-order valence-electron chi connectivity index (χ2n) is 7.61. The smallest absolute Gasteiger partial charge is 0.253 e. The molecular weight excluding hydrogens is 452 g/mol. The molecule has 4 rings (SSSR count). The van der Waals surface area contributed by atoms with Gasteiger partial charge in [0.05, 0.1) is 5.69 Å². The number of benzene rings is 3. The molecule has 3 N–H and O–H groups in total. The van der Waals surface area contributed by atoms with Crippen LogP contribution in [-0.4, -0.2) is 21.8 Å². The fourth-order valence-electron chi connectivity index (χ4n) is 3.38. The van der Waals surface area contributed by atoms with E-state index in [0.717, 1.165) is 17.7 Å². The van der Waals surface area contributed by atoms with E-state index in [1.807, 2.05) is 0 Å². The van der Waals surface area contributed by atoms with Crippen molar-refractivity contribution >= 4 is 23.5 Å². The molecule has 1 aromatic heterocycles. The van der Waals surface area contributed by atoms with Crippen molar-refractivity contribution in [3.63, 3.8) is 0 Å². The zero-order valence-electron chi connectivity index (χ0n) is 18.6. The maximum atomic E-state index is 14.6. The lowest BCUT2D eigenvalue weighted by atomic mass is 10.1. The highest BCUT2D eigenvalue weighted by Gasteiger charge is 2.21. The van der Waals surface area contributed by atoms with Crippen LogP contribution in [0.15, 0.2) is 85.1 Å². The van der Waals surface area contributed by atoms with Gasteiger partial charge in [-0.1, -0.05) is 30.3 Å². The summed E-state index contributed by atoms with van der Waals surface area (Å²) in [7, 11) is 0. The van der Waals surface area contributed by atoms with Crippen molar-refractivity contribution in [2.75, 3.05) is 10.6 Å². The van der Waals surface area contributed by atoms with Crippen molar-refractivity contribution in [2.45, 2.75) is 13.1 Å². The molecule has 0 aliphatic rings. The monoisotopic (exact) mass is 473 g/mol. The first-order valence-electron chi connectivity index (χ1n) is 10.7. The Bertz CT molecular complexity index is 1350. The molecule has 4 aromatic rings. The normalized spacial score (nSPS) is 11.4. The molecular formula is C26H21F2N5O2. The largest absolute Gasteiger partial charge is 0.330 e. The molecule has 0 bridgehead atoms. The van der Waals surface area contributed by atoms with E-state index in [0.29, 0.717) is 16.9 Å². The summed E-state index contributed by atoms with van der Waals surface area (Å²) in [6.45, 7) is 1.42. The van der Waals surface area contributed by atoms with E-state index in [1.54, 1.807) is 60.7 Å². The summed E-state index contributed by atoms with van der Waals surface area (Å²) in [5, 5.41) is 8.33. The Kier molecular flexibility index (Phi) is 7.06. The number of anilines is 2. The molecule has 0 aliphatic heterocycles. The maximum Gasteiger partial charge on any atom is 0.253 e. The van der Waals surface area contributed by atoms with E-state index in [2.05, 4.69) is 25.9 Å². The van der Waals surface area contributed by atoms with E-state index in [4.69, 9.17) is 0 Å². The highest BCUT2D eigenvalue weighted by molar-refractivity contribution is 5.94. The quantitative estimate of drug-likeness (QED) is 0.331. The summed E-state index contributed by atoms with van der Waals surface area (Å²) in [5.74, 6) is -2.09. The molecule has 35 heavy (non-hydrogen) atoms. The van der Waals surface area contributed by atoms with Gasteiger partial charge in [0.25, 0.3) is 5.91 Å². The third-order valence-corrected chi connectivity index (χ3v) is 5.01. The predicted octanol–water partition coefficient (Wildman–Crippen LogP) is 4.92. The van der Waals surface area contributed by atoms with Crippen LogP contribution in [0.5, 0.6) is 0 Å². The van der Waals surface area contributed by atoms with Gasteiger partial charge in [0, 0.05) is 41.6 Å². The molecule has 7 nitrogen and oxygen atoms in total. The van der Waals surface area contributed by atoms with Gasteiger partial charge in [-0.15, -0.1) is 0 Å². The Hall–Kier alpha value is -4.66. The molecule has 1 atom stereocenters. The van der Waals surface area contributed by atoms with Crippen LogP contribution >= 0.6 is 0 Å². The number of hydrogen-bond acceptors (Lipinski definition) is 5. The summed E-state index contributed by atoms with van der Waals surface area (Å²) in [5.41, 5.74) is 2.34. The van der Waals surface area contributed by atoms with Gasteiger partial charge >= 0.3 is 0 Å². The van der Waals surface area contributed by atoms with Crippen molar-refractivity contribution < 1.29 is 18.4 Å². The van der Waals surface area contributed by atoms with E-state index < -0.39 is 23.7 Å². The fourth-order valence-corrected chi connectivity index (χ4v) is 3.38. The molecule has 1 unspecified atom stereocenters. The Morgan fingerprint density at radius 3 is 2.34 bits per heavy atom. The number of nitrogens with one attached hydrogen (secondary N) is 3. The Morgan fingerprint density at radius 1 is 0.914 bits per heavy atom. The number of carbonyl (C=O) groups is 2. The molecule has 0 fully saturated rings. The minimum absolute atomic E-state index is 0.0179. The zero-order chi connectivity index (χ0) is 24.8. The van der Waals surface area contributed by atoms with Crippen molar-refractivity contribution in [1.82, 2.24) is 15.3 Å². The maximum absolute atomic E-state index is 14.6. The third-order valence-electron chi connectivity index (χ3n) is 5.01. The third kappa shape index (κ3) is 6.02. The van der Waals surface area contributed by atoms with E-state index >= 15 is 0 Å². The Morgan fingerprint density at radius 2 is 1.66 bits per heavy atom. The molecule has 9 heteroatoms. The van der Waals surface area contributed by atoms with Gasteiger partial charge < -0.3 is 16.0 Å². The number of amides is 2. The average molecular weight is 473 g/mol. The molecule has 1 heterocycles. The molecule has 0 radical (unpaired) electrons. The predicted molar refractivity (Wildman–Crippen MR) is 128 cm³/mol. The second-order valence-corrected chi connectivity index (χ2v) is 7.61. The van der Waals surface area contributed by atoms with Crippen LogP contribution in [0.2, 0.25) is 0 Å². The van der Waals surface area contributed by atoms with Crippen LogP contribution in [0.1, 0.15) is 29.0 Å². The van der Waals surface area contributed by atoms with Crippen molar-refractivity contribution in [3.05, 3.63) is 108 Å². The molecule has 3 aromatic carbocycles. The number of rotatable bonds is 7. The highest BCUT2D eigenvalue weighted by atomic mass is 19.1. The zero-order valence-corrected chi connectivity index (χ0v) is 18.6. The molecule has 0 spiro atoms. The van der Waals surface area contributed by atoms with Crippen molar-refractivity contribution in [2.24, 2.45) is 0 Å². The molecule has 0 saturated heterocycles. The first kappa shape index (κ1) is 23.5. The SMILES string of the molecule is CC(=O)Nc1ccc(-c2ccnc(NC(NC(=O)c3ccccc3)c3ccc(F)cc3F)n2)cc1. The van der Waals surface area contributed by atoms with Gasteiger partial charge in [0.15, 0.2) is 0 Å². The summed E-state index contributed by atoms with van der Waals surface area (Å²) < 4.78 is 28.1. The molecule has 2 amide bonds. The standard InChI is InChI=1S/C26H21F2N5O2/c1-16(34)30-20-10-7-17(8-11-20)23-13-14-29-26(31-23)33-24(21-12-9-19(27)15-22(21)28)32-25(35)18-5-3-2-4-6-18/h2-15,24H,1H3,(H,30,34)(H,32,35)(H,29,31,33). The highest BCUT2D eigenvalue weighted by Crippen LogP contribution is 2.23. The van der Waals surface area contributed by atoms with E-state index in [-0.39, 0.29) is 17.4 Å². The van der Waals surface area contributed by atoms with Crippen LogP contribution in [0, 0.1) is 11.6 Å². The van der Waals surface area contributed by atoms with Gasteiger partial charge in [-0.3, -0.25) is 9.59 Å². The topological polar surface area (TPSA) is 96.0 Å². The van der Waals surface area contributed by atoms with Crippen LogP contribution < -0.4 is 16.0 Å². The Balaban J connectivity index is 1.61. The molecule has 0 saturated carbocycles. The molecule has 176 valence electrons. The van der Waals surface area contributed by atoms with Crippen molar-refractivity contribution in [1.29, 1.82) is 0 Å². The summed E-state index contributed by atoms with van der Waals surface area (Å²) >= 11 is 0. The van der Waals surface area contributed by atoms with E-state index in [9.17, 15) is 18.4 Å². The van der Waals surface area contributed by atoms with Gasteiger partial charge in [-0.25, -0.2) is 18.7 Å². The van der Waals surface area contributed by atoms with Gasteiger partial charge in [0.2, 0.25) is 11.9 Å². The Labute approximate surface area is 200 Å². The van der Waals surface area contributed by atoms with Crippen LogP contribution in [0.4, 0.5) is 20.4 Å². The minimum Gasteiger partial charge on any atom is -0.330 e. The van der Waals surface area contributed by atoms with E-state index in [1.165, 1.54) is 19.2 Å². The summed E-state index contributed by atoms with van der Waals surface area (Å²) in [6.07, 6.45) is 0.435. The lowest BCUT2D eigenvalue weighted by molar-refractivity contribution is -0.114. The lowest BCUT2D eigenvalue weighted by Crippen LogP contribution is -2.34. The number of aromatic nitrogens is 2. The van der Waals surface area contributed by atoms with Crippen LogP contribution in [0.25, 0.3) is 11.3 Å². The number of hydrogen-bond donors (Lipinski definition) is 3. The minimum atomic E-state index is -1.08. The second kappa shape index (κ2) is 10.5. The number of halogens is 2. The number of nitrogens with zero attached hydrogens (tertiary/aromatic N) is 2. The summed E-state index contributed by atoms with van der Waals surface area (Å²) in [6, 6.07) is 20.3. The fraction of sp³-hybridized carbons (Fsp3) is 0.0769. The number of carbonyl (C=O) groups excluding carboxylic acids is 2. The first-order valence-corrected chi connectivity index (χ1v) is 10.7. The van der Waals surface area contributed by atoms with Crippen LogP contribution in [0.3, 0.4) is 0 Å². The summed E-state index contributed by atoms with van der Waals surface area (Å²) in [4.78, 5) is 32.7. The van der Waals surface area contributed by atoms with Crippen molar-refractivity contribution in [3.8, 4) is 11.3 Å². The van der Waals surface area contributed by atoms with Gasteiger partial charge in [0.1, 0.15) is 17.8 Å². The lowest BCUT2D eigenvalue weighted by Gasteiger charge is -2.21. The van der Waals surface area contributed by atoms with Gasteiger partial charge in [-0.2, -0.15) is 0 Å². The van der Waals surface area contributed by atoms with Gasteiger partial charge in [-0.05, 0) is 42.5 Å². The molecule has 0 aliphatic carbocycles. The first-order chi connectivity index (χ1) is 16.9.